The summed E-state index contributed by atoms with van der Waals surface area (Å²) in [7, 11) is 0. The minimum Gasteiger partial charge on any atom is -0.459 e. The lowest BCUT2D eigenvalue weighted by Crippen LogP contribution is -2.48. The molecule has 0 aromatic carbocycles. The van der Waals surface area contributed by atoms with Crippen LogP contribution >= 0.6 is 0 Å². The first-order valence-corrected chi connectivity index (χ1v) is 43.7. The summed E-state index contributed by atoms with van der Waals surface area (Å²) < 4.78 is 35.6. The highest BCUT2D eigenvalue weighted by molar-refractivity contribution is 5.78. The summed E-state index contributed by atoms with van der Waals surface area (Å²) >= 11 is 0. The number of carbonyl (C=O) groups excluding carboxylic acids is 6. The number of hydrogen-bond acceptors (Lipinski definition) is 12. The molecule has 0 radical (unpaired) electrons. The smallest absolute Gasteiger partial charge is 0.312 e. The van der Waals surface area contributed by atoms with Crippen molar-refractivity contribution in [2.75, 3.05) is 0 Å². The van der Waals surface area contributed by atoms with E-state index >= 15 is 0 Å². The van der Waals surface area contributed by atoms with Crippen LogP contribution in [0.4, 0.5) is 0 Å². The van der Waals surface area contributed by atoms with E-state index < -0.39 is 0 Å². The van der Waals surface area contributed by atoms with Crippen molar-refractivity contribution < 1.29 is 57.2 Å². The fraction of sp³-hybridized carbons (Fsp3) is 0.942. The number of rotatable bonds is 19. The quantitative estimate of drug-likeness (QED) is 0.0892. The van der Waals surface area contributed by atoms with Gasteiger partial charge < -0.3 is 28.4 Å². The van der Waals surface area contributed by atoms with E-state index in [2.05, 4.69) is 69.2 Å². The Morgan fingerprint density at radius 3 is 0.983 bits per heavy atom. The van der Waals surface area contributed by atoms with Crippen LogP contribution < -0.4 is 0 Å². The summed E-state index contributed by atoms with van der Waals surface area (Å²) in [5, 5.41) is 0. The van der Waals surface area contributed by atoms with E-state index in [0.29, 0.717) is 35.5 Å². The van der Waals surface area contributed by atoms with Crippen LogP contribution in [0.1, 0.15) is 466 Å². The third-order valence-electron chi connectivity index (χ3n) is 32.5. The summed E-state index contributed by atoms with van der Waals surface area (Å²) in [6.07, 6.45) is 43.3. The summed E-state index contributed by atoms with van der Waals surface area (Å²) in [6, 6.07) is 0. The summed E-state index contributed by atoms with van der Waals surface area (Å²) in [6.45, 7) is 43.2. The maximum atomic E-state index is 12.4. The molecule has 14 rings (SSSR count). The molecule has 12 nitrogen and oxygen atoms in total. The first kappa shape index (κ1) is 118. The molecule has 14 saturated carbocycles. The summed E-state index contributed by atoms with van der Waals surface area (Å²) in [4.78, 5) is 72.8. The number of ether oxygens (including phenoxy) is 6. The Balaban J connectivity index is -0.000000631. The second-order valence-electron chi connectivity index (χ2n) is 40.5. The molecule has 0 heterocycles. The number of esters is 6. The predicted molar refractivity (Wildman–Crippen MR) is 493 cm³/mol. The van der Waals surface area contributed by atoms with E-state index in [9.17, 15) is 28.8 Å². The van der Waals surface area contributed by atoms with Crippen molar-refractivity contribution >= 4 is 35.8 Å². The average Bonchev–Trinajstić information content (AvgIpc) is 1.57. The highest BCUT2D eigenvalue weighted by Gasteiger charge is 2.63. The standard InChI is InChI=1S/C17H28O2.C16H26O2.C16H28O2.C15H26O2.C14H24O2.C13H22O2.12CH4/c1-5-16(2,3)15(18)19-17(4)10-11-9-14(17)13-8-6-7-12(11)13;1-4-10(2)15(17)18-16(3)9-11-8-14(16)13-7-5-6-12(11)13;1-4-12(2)15(17)18-16(3)11-7-9-13-8-5-6-10-14(13)16;1-5-14(3,4)13(16)17-15(6-2)10-11-7-8-12(15)9-11;1-5-13(2,3)12(15)16-14(4)9-10-6-7-11(14)8-10;1-4-9(2)12(14)15-13(3)8-10-5-6-11(13)7-10;;;;;;;;;;;;/h11-14H,5-10H2,1-4H3;10-14H,4-9H2,1-3H3;12-14H,4-11H2,1-3H3;11-12H,5-10H2,1-4H3;10-11H,5-9H2,1-4H3;9-11H,4-8H2,1-3H3;12*1H4. The first-order chi connectivity index (χ1) is 48.3. The lowest BCUT2D eigenvalue weighted by atomic mass is 9.63. The van der Waals surface area contributed by atoms with Gasteiger partial charge in [-0.1, -0.05) is 190 Å². The zero-order valence-corrected chi connectivity index (χ0v) is 69.8. The highest BCUT2D eigenvalue weighted by atomic mass is 16.6. The van der Waals surface area contributed by atoms with Gasteiger partial charge in [-0.2, -0.15) is 0 Å². The Morgan fingerprint density at radius 2 is 0.635 bits per heavy atom. The molecule has 12 heteroatoms. The third-order valence-corrected chi connectivity index (χ3v) is 32.5. The Morgan fingerprint density at radius 1 is 0.313 bits per heavy atom. The maximum Gasteiger partial charge on any atom is 0.312 e. The van der Waals surface area contributed by atoms with Gasteiger partial charge in [-0.3, -0.25) is 28.8 Å². The highest BCUT2D eigenvalue weighted by Crippen LogP contribution is 2.65. The van der Waals surface area contributed by atoms with Crippen LogP contribution in [-0.4, -0.2) is 69.4 Å². The SMILES string of the molecule is C.C.C.C.C.C.C.C.C.C.C.C.CCC(C)(C)C(=O)OC1(C)CC2CC1C1CCCC21.CCC(C)(C)C(=O)OC1(C)CC2CCC1C2.CCC(C)(C)C(=O)OC1(CC)CC2CCC1C2.CCC(C)C(=O)OC1(C)CC2CC1C1CCCC21.CCC(C)C(=O)OC1(C)CC2CCC1C2.CCC(C)C(=O)OC1(C)CCCC2CCCCC21. The van der Waals surface area contributed by atoms with Crippen molar-refractivity contribution in [3.63, 3.8) is 0 Å². The van der Waals surface area contributed by atoms with Gasteiger partial charge in [0.05, 0.1) is 34.0 Å². The van der Waals surface area contributed by atoms with Crippen LogP contribution in [0, 0.1) is 129 Å². The van der Waals surface area contributed by atoms with E-state index in [1.165, 1.54) is 148 Å². The largest absolute Gasteiger partial charge is 0.459 e. The van der Waals surface area contributed by atoms with E-state index in [1.807, 2.05) is 76.2 Å². The third kappa shape index (κ3) is 26.0. The van der Waals surface area contributed by atoms with E-state index in [-0.39, 0.29) is 193 Å². The Bertz CT molecular complexity index is 2880. The predicted octanol–water partition coefficient (Wildman–Crippen LogP) is 30.6. The van der Waals surface area contributed by atoms with Crippen molar-refractivity contribution in [2.45, 2.75) is 499 Å². The number of fused-ring (bicyclic) bond motifs is 17. The molecule has 14 fully saturated rings. The summed E-state index contributed by atoms with van der Waals surface area (Å²) in [5.41, 5.74) is -1.89. The topological polar surface area (TPSA) is 158 Å². The first-order valence-electron chi connectivity index (χ1n) is 43.7. The van der Waals surface area contributed by atoms with Crippen LogP contribution in [0.25, 0.3) is 0 Å². The van der Waals surface area contributed by atoms with Crippen LogP contribution in [0.3, 0.4) is 0 Å². The van der Waals surface area contributed by atoms with Crippen LogP contribution in [0.2, 0.25) is 0 Å². The van der Waals surface area contributed by atoms with Gasteiger partial charge in [-0.25, -0.2) is 0 Å². The normalized spacial score (nSPS) is 36.5. The minimum absolute atomic E-state index is 0. The molecule has 14 aliphatic carbocycles. The molecule has 0 aliphatic heterocycles. The molecule has 0 amide bonds. The maximum absolute atomic E-state index is 12.4. The van der Waals surface area contributed by atoms with Gasteiger partial charge >= 0.3 is 35.8 Å². The molecule has 0 spiro atoms. The lowest BCUT2D eigenvalue weighted by Gasteiger charge is -2.48. The Labute approximate surface area is 717 Å². The molecule has 686 valence electrons. The van der Waals surface area contributed by atoms with E-state index in [1.54, 1.807) is 0 Å². The fourth-order valence-electron chi connectivity index (χ4n) is 23.7. The molecule has 10 bridgehead atoms. The van der Waals surface area contributed by atoms with Crippen LogP contribution in [0.15, 0.2) is 0 Å². The minimum atomic E-state index is -0.333. The molecule has 0 aromatic rings. The van der Waals surface area contributed by atoms with Crippen molar-refractivity contribution in [1.29, 1.82) is 0 Å². The Kier molecular flexibility index (Phi) is 48.7. The van der Waals surface area contributed by atoms with Crippen molar-refractivity contribution in [3.05, 3.63) is 0 Å². The molecule has 0 aromatic heterocycles. The zero-order chi connectivity index (χ0) is 75.6. The number of carbonyl (C=O) groups is 6. The second kappa shape index (κ2) is 47.5. The van der Waals surface area contributed by atoms with Gasteiger partial charge in [-0.05, 0) is 352 Å². The molecule has 0 N–H and O–H groups in total. The number of hydrogen-bond donors (Lipinski definition) is 0. The fourth-order valence-corrected chi connectivity index (χ4v) is 23.7. The van der Waals surface area contributed by atoms with Crippen LogP contribution in [0.5, 0.6) is 0 Å². The van der Waals surface area contributed by atoms with Gasteiger partial charge in [0, 0.05) is 17.8 Å². The molecule has 0 saturated heterocycles. The van der Waals surface area contributed by atoms with Crippen molar-refractivity contribution in [2.24, 2.45) is 129 Å². The molecule has 115 heavy (non-hydrogen) atoms. The van der Waals surface area contributed by atoms with Crippen molar-refractivity contribution in [3.8, 4) is 0 Å². The van der Waals surface area contributed by atoms with Crippen LogP contribution in [-0.2, 0) is 57.2 Å². The van der Waals surface area contributed by atoms with Gasteiger partial charge in [0.2, 0.25) is 0 Å². The van der Waals surface area contributed by atoms with Gasteiger partial charge in [-0.15, -0.1) is 0 Å². The van der Waals surface area contributed by atoms with E-state index in [4.69, 9.17) is 28.4 Å². The van der Waals surface area contributed by atoms with Gasteiger partial charge in [0.1, 0.15) is 33.6 Å². The molecular formula is C103H202O12. The van der Waals surface area contributed by atoms with Gasteiger partial charge in [0.25, 0.3) is 0 Å². The molecule has 25 atom stereocenters. The lowest BCUT2D eigenvalue weighted by molar-refractivity contribution is -0.179. The molecule has 25 unspecified atom stereocenters. The molecular weight excluding hydrogens is 1430 g/mol. The molecule has 14 aliphatic rings. The zero-order valence-electron chi connectivity index (χ0n) is 69.8. The average molecular weight is 1630 g/mol. The van der Waals surface area contributed by atoms with E-state index in [0.717, 1.165) is 143 Å². The summed E-state index contributed by atoms with van der Waals surface area (Å²) in [5.74, 6) is 12.6. The second-order valence-corrected chi connectivity index (χ2v) is 40.5. The van der Waals surface area contributed by atoms with Crippen molar-refractivity contribution in [1.82, 2.24) is 0 Å². The van der Waals surface area contributed by atoms with Gasteiger partial charge in [0.15, 0.2) is 0 Å². The monoisotopic (exact) mass is 1630 g/mol. The Hall–Kier alpha value is -3.18.